The predicted octanol–water partition coefficient (Wildman–Crippen LogP) is 6.03. The van der Waals surface area contributed by atoms with E-state index in [4.69, 9.17) is 4.43 Å². The van der Waals surface area contributed by atoms with Crippen molar-refractivity contribution >= 4 is 59.7 Å². The average Bonchev–Trinajstić information content (AvgIpc) is 2.58. The molecule has 0 aliphatic carbocycles. The van der Waals surface area contributed by atoms with Gasteiger partial charge >= 0.3 is 171 Å². The molecule has 24 heavy (non-hydrogen) atoms. The van der Waals surface area contributed by atoms with Crippen LogP contribution in [0.3, 0.4) is 0 Å². The number of hydrogen-bond donors (Lipinski definition) is 0. The van der Waals surface area contributed by atoms with Crippen molar-refractivity contribution in [2.45, 2.75) is 100.0 Å². The summed E-state index contributed by atoms with van der Waals surface area (Å²) >= 11 is 2.62. The van der Waals surface area contributed by atoms with Gasteiger partial charge in [-0.05, 0) is 0 Å². The first-order chi connectivity index (χ1) is 10.3. The Bertz CT molecular complexity index is 411. The van der Waals surface area contributed by atoms with E-state index >= 15 is 0 Å². The predicted molar refractivity (Wildman–Crippen MR) is 127 cm³/mol. The van der Waals surface area contributed by atoms with Gasteiger partial charge < -0.3 is 0 Å². The summed E-state index contributed by atoms with van der Waals surface area (Å²) in [5, 5.41) is 0. The molecule has 1 rings (SSSR count). The molecule has 0 saturated carbocycles. The molecule has 0 N–H and O–H groups in total. The fraction of sp³-hybridized carbons (Fsp3) is 1.00. The maximum absolute atomic E-state index is 6.92. The van der Waals surface area contributed by atoms with Crippen LogP contribution in [0.1, 0.15) is 12.8 Å². The van der Waals surface area contributed by atoms with E-state index in [2.05, 4.69) is 107 Å². The molecular formula is C17H43OSi5Te. The molecule has 0 aromatic heterocycles. The molecule has 1 aliphatic rings. The third kappa shape index (κ3) is 2.87. The summed E-state index contributed by atoms with van der Waals surface area (Å²) in [6.07, 6.45) is 2.96. The molecular weight excluding hydrogens is 488 g/mol. The summed E-state index contributed by atoms with van der Waals surface area (Å²) < 4.78 is 8.10. The molecule has 1 aliphatic heterocycles. The van der Waals surface area contributed by atoms with Crippen molar-refractivity contribution in [1.82, 2.24) is 0 Å². The summed E-state index contributed by atoms with van der Waals surface area (Å²) in [6, 6.07) is 0. The van der Waals surface area contributed by atoms with Crippen LogP contribution in [0.5, 0.6) is 0 Å². The Kier molecular flexibility index (Phi) is 6.40. The second kappa shape index (κ2) is 6.43. The Hall–Kier alpha value is 1.83. The molecule has 0 unspecified atom stereocenters. The third-order valence-corrected chi connectivity index (χ3v) is 58.3. The van der Waals surface area contributed by atoms with Crippen molar-refractivity contribution in [3.63, 3.8) is 0 Å². The Morgan fingerprint density at radius 1 is 0.625 bits per heavy atom. The van der Waals surface area contributed by atoms with Gasteiger partial charge in [-0.3, -0.25) is 0 Å². The van der Waals surface area contributed by atoms with Gasteiger partial charge in [0, 0.05) is 0 Å². The zero-order chi connectivity index (χ0) is 19.6. The molecule has 143 valence electrons. The van der Waals surface area contributed by atoms with E-state index in [1.54, 1.807) is 0 Å². The first-order valence-corrected chi connectivity index (χ1v) is 28.8. The fourth-order valence-electron chi connectivity index (χ4n) is 7.14. The Morgan fingerprint density at radius 3 is 0.958 bits per heavy atom. The molecule has 0 aromatic rings. The Labute approximate surface area is 170 Å². The maximum atomic E-state index is 6.92. The van der Waals surface area contributed by atoms with Crippen LogP contribution in [0.15, 0.2) is 0 Å². The van der Waals surface area contributed by atoms with Gasteiger partial charge in [0.2, 0.25) is 0 Å². The van der Waals surface area contributed by atoms with Crippen LogP contribution in [0.2, 0.25) is 87.1 Å². The van der Waals surface area contributed by atoms with Crippen molar-refractivity contribution < 1.29 is 4.43 Å². The Balaban J connectivity index is 3.99. The monoisotopic (exact) mass is 533 g/mol. The zero-order valence-electron chi connectivity index (χ0n) is 18.7. The molecule has 0 spiro atoms. The molecule has 7 heteroatoms. The molecule has 1 fully saturated rings. The van der Waals surface area contributed by atoms with Gasteiger partial charge in [-0.15, -0.1) is 0 Å². The van der Waals surface area contributed by atoms with E-state index < -0.39 is 38.2 Å². The van der Waals surface area contributed by atoms with E-state index in [1.165, 1.54) is 12.8 Å². The van der Waals surface area contributed by atoms with Crippen molar-refractivity contribution in [2.24, 2.45) is 0 Å². The molecule has 0 aromatic carbocycles. The summed E-state index contributed by atoms with van der Waals surface area (Å²) in [5.41, 5.74) is 0. The van der Waals surface area contributed by atoms with E-state index in [9.17, 15) is 0 Å². The number of rotatable bonds is 5. The van der Waals surface area contributed by atoms with Crippen molar-refractivity contribution in [3.8, 4) is 0 Å². The normalized spacial score (nSPS) is 24.2. The molecule has 0 amide bonds. The van der Waals surface area contributed by atoms with Gasteiger partial charge in [0.15, 0.2) is 0 Å². The van der Waals surface area contributed by atoms with Gasteiger partial charge in [-0.1, -0.05) is 0 Å². The zero-order valence-corrected chi connectivity index (χ0v) is 26.1. The van der Waals surface area contributed by atoms with Crippen molar-refractivity contribution in [3.05, 3.63) is 0 Å². The van der Waals surface area contributed by atoms with E-state index in [-0.39, 0.29) is 0 Å². The van der Waals surface area contributed by atoms with E-state index in [0.717, 1.165) is 0 Å². The van der Waals surface area contributed by atoms with Gasteiger partial charge in [0.1, 0.15) is 0 Å². The molecule has 1 saturated heterocycles. The molecule has 1 heterocycles. The van der Waals surface area contributed by atoms with E-state index in [1.807, 2.05) is 0 Å². The molecule has 1 nitrogen and oxygen atoms in total. The van der Waals surface area contributed by atoms with Crippen molar-refractivity contribution in [1.29, 1.82) is 0 Å². The average molecular weight is 532 g/mol. The van der Waals surface area contributed by atoms with Crippen LogP contribution < -0.4 is 0 Å². The third-order valence-electron chi connectivity index (χ3n) is 7.41. The molecule has 0 bridgehead atoms. The quantitative estimate of drug-likeness (QED) is 0.394. The Morgan fingerprint density at radius 2 is 0.833 bits per heavy atom. The second-order valence-electron chi connectivity index (χ2n) is 12.1. The first kappa shape index (κ1) is 23.9. The van der Waals surface area contributed by atoms with Crippen LogP contribution in [0.25, 0.3) is 0 Å². The van der Waals surface area contributed by atoms with Crippen LogP contribution in [0, 0.1) is 0 Å². The van der Waals surface area contributed by atoms with Gasteiger partial charge in [-0.25, -0.2) is 0 Å². The van der Waals surface area contributed by atoms with Gasteiger partial charge in [0.05, 0.1) is 0 Å². The summed E-state index contributed by atoms with van der Waals surface area (Å²) in [7, 11) is -3.35. The minimum absolute atomic E-state index is 0.590. The van der Waals surface area contributed by atoms with Crippen LogP contribution in [0.4, 0.5) is 0 Å². The summed E-state index contributed by atoms with van der Waals surface area (Å²) in [4.78, 5) is 0. The van der Waals surface area contributed by atoms with Crippen molar-refractivity contribution in [2.75, 3.05) is 7.11 Å². The van der Waals surface area contributed by atoms with Crippen LogP contribution in [-0.2, 0) is 4.43 Å². The van der Waals surface area contributed by atoms with Crippen LogP contribution >= 0.6 is 0 Å². The molecule has 1 radical (unpaired) electrons. The second-order valence-corrected chi connectivity index (χ2v) is 44.8. The molecule has 0 atom stereocenters. The summed E-state index contributed by atoms with van der Waals surface area (Å²) in [5.74, 6) is -1.90. The summed E-state index contributed by atoms with van der Waals surface area (Å²) in [6.45, 7) is 32.0. The standard InChI is InChI=1S/C17H43OSi5Te/c1-18-23(24)16(19(2,3)4,20(5,6)7)14-15-17(23,21(8,9)10)22(11,12)13/h14-15H2,1-13H3. The number of hydrogen-bond acceptors (Lipinski definition) is 1. The van der Waals surface area contributed by atoms with Gasteiger partial charge in [0.25, 0.3) is 0 Å². The first-order valence-electron chi connectivity index (χ1n) is 9.52. The van der Waals surface area contributed by atoms with Crippen LogP contribution in [-0.4, -0.2) is 66.8 Å². The topological polar surface area (TPSA) is 9.23 Å². The fourth-order valence-corrected chi connectivity index (χ4v) is 85.3. The minimum atomic E-state index is -1.90. The SMILES string of the molecule is CO[Si]1([Te])C([Si](C)(C)C)([Si](C)(C)C)CCC1([Si](C)(C)C)[Si](C)(C)C. The van der Waals surface area contributed by atoms with E-state index in [0.29, 0.717) is 8.57 Å². The van der Waals surface area contributed by atoms with Gasteiger partial charge in [-0.2, -0.15) is 0 Å².